The van der Waals surface area contributed by atoms with Gasteiger partial charge in [0.1, 0.15) is 0 Å². The summed E-state index contributed by atoms with van der Waals surface area (Å²) < 4.78 is 5.25. The van der Waals surface area contributed by atoms with Crippen molar-refractivity contribution >= 4 is 0 Å². The molecule has 0 saturated heterocycles. The lowest BCUT2D eigenvalue weighted by molar-refractivity contribution is 0.268. The molecule has 0 spiro atoms. The van der Waals surface area contributed by atoms with Crippen molar-refractivity contribution in [1.82, 2.24) is 15.1 Å². The lowest BCUT2D eigenvalue weighted by Gasteiger charge is -2.20. The van der Waals surface area contributed by atoms with Crippen LogP contribution in [0.4, 0.5) is 0 Å². The van der Waals surface area contributed by atoms with E-state index >= 15 is 0 Å². The molecule has 17 heavy (non-hydrogen) atoms. The van der Waals surface area contributed by atoms with Gasteiger partial charge in [-0.3, -0.25) is 4.98 Å². The molecule has 0 aliphatic carbocycles. The van der Waals surface area contributed by atoms with Crippen molar-refractivity contribution < 1.29 is 4.52 Å². The quantitative estimate of drug-likeness (QED) is 0.873. The van der Waals surface area contributed by atoms with E-state index in [-0.39, 0.29) is 0 Å². The molecule has 90 valence electrons. The molecule has 5 heteroatoms. The van der Waals surface area contributed by atoms with Crippen LogP contribution < -0.4 is 5.73 Å². The maximum atomic E-state index is 6.20. The van der Waals surface area contributed by atoms with E-state index in [1.54, 1.807) is 12.4 Å². The first-order valence-electron chi connectivity index (χ1n) is 5.73. The van der Waals surface area contributed by atoms with Gasteiger partial charge in [0.05, 0.1) is 5.54 Å². The molecule has 0 atom stereocenters. The summed E-state index contributed by atoms with van der Waals surface area (Å²) in [7, 11) is 0. The van der Waals surface area contributed by atoms with Crippen LogP contribution in [0, 0.1) is 0 Å². The molecule has 0 aliphatic heterocycles. The van der Waals surface area contributed by atoms with Gasteiger partial charge >= 0.3 is 0 Å². The van der Waals surface area contributed by atoms with Crippen molar-refractivity contribution in [2.24, 2.45) is 5.73 Å². The Labute approximate surface area is 100 Å². The third-order valence-electron chi connectivity index (χ3n) is 3.03. The molecule has 5 nitrogen and oxygen atoms in total. The van der Waals surface area contributed by atoms with Gasteiger partial charge in [-0.1, -0.05) is 19.0 Å². The molecule has 0 unspecified atom stereocenters. The van der Waals surface area contributed by atoms with Crippen molar-refractivity contribution in [3.05, 3.63) is 30.4 Å². The van der Waals surface area contributed by atoms with Crippen LogP contribution in [0.2, 0.25) is 0 Å². The third-order valence-corrected chi connectivity index (χ3v) is 3.03. The average molecular weight is 232 g/mol. The van der Waals surface area contributed by atoms with Gasteiger partial charge in [-0.05, 0) is 25.0 Å². The molecule has 2 heterocycles. The fraction of sp³-hybridized carbons (Fsp3) is 0.417. The van der Waals surface area contributed by atoms with E-state index in [0.717, 1.165) is 18.4 Å². The molecule has 0 aliphatic rings. The molecule has 0 radical (unpaired) electrons. The smallest absolute Gasteiger partial charge is 0.247 e. The molecule has 0 saturated carbocycles. The van der Waals surface area contributed by atoms with E-state index in [1.807, 2.05) is 26.0 Å². The lowest BCUT2D eigenvalue weighted by atomic mass is 9.94. The van der Waals surface area contributed by atoms with Crippen LogP contribution in [0.1, 0.15) is 32.6 Å². The van der Waals surface area contributed by atoms with Crippen LogP contribution in [0.25, 0.3) is 11.4 Å². The lowest BCUT2D eigenvalue weighted by Crippen LogP contribution is -2.35. The van der Waals surface area contributed by atoms with Crippen molar-refractivity contribution in [2.75, 3.05) is 0 Å². The molecular formula is C12H16N4O. The molecule has 0 amide bonds. The first-order valence-corrected chi connectivity index (χ1v) is 5.73. The van der Waals surface area contributed by atoms with Crippen molar-refractivity contribution in [3.8, 4) is 11.4 Å². The maximum absolute atomic E-state index is 6.20. The zero-order valence-corrected chi connectivity index (χ0v) is 10.1. The second kappa shape index (κ2) is 4.63. The van der Waals surface area contributed by atoms with Gasteiger partial charge in [-0.2, -0.15) is 4.98 Å². The van der Waals surface area contributed by atoms with E-state index in [4.69, 9.17) is 10.3 Å². The molecule has 0 fully saturated rings. The van der Waals surface area contributed by atoms with Crippen molar-refractivity contribution in [2.45, 2.75) is 32.2 Å². The van der Waals surface area contributed by atoms with E-state index in [9.17, 15) is 0 Å². The van der Waals surface area contributed by atoms with Crippen LogP contribution in [-0.4, -0.2) is 15.1 Å². The van der Waals surface area contributed by atoms with Gasteiger partial charge in [0, 0.05) is 18.0 Å². The summed E-state index contributed by atoms with van der Waals surface area (Å²) in [5, 5.41) is 3.94. The van der Waals surface area contributed by atoms with Gasteiger partial charge in [0.2, 0.25) is 11.7 Å². The van der Waals surface area contributed by atoms with Crippen molar-refractivity contribution in [3.63, 3.8) is 0 Å². The SMILES string of the molecule is CCC(N)(CC)c1nc(-c2cccnc2)no1. The van der Waals surface area contributed by atoms with Crippen molar-refractivity contribution in [1.29, 1.82) is 0 Å². The number of aromatic nitrogens is 3. The van der Waals surface area contributed by atoms with E-state index < -0.39 is 5.54 Å². The average Bonchev–Trinajstić information content (AvgIpc) is 2.89. The number of hydrogen-bond acceptors (Lipinski definition) is 5. The van der Waals surface area contributed by atoms with Gasteiger partial charge < -0.3 is 10.3 Å². The summed E-state index contributed by atoms with van der Waals surface area (Å²) in [4.78, 5) is 8.37. The van der Waals surface area contributed by atoms with Crippen LogP contribution in [0.15, 0.2) is 29.0 Å². The van der Waals surface area contributed by atoms with E-state index in [0.29, 0.717) is 11.7 Å². The second-order valence-corrected chi connectivity index (χ2v) is 4.03. The number of hydrogen-bond donors (Lipinski definition) is 1. The Bertz CT molecular complexity index is 476. The molecule has 2 rings (SSSR count). The normalized spacial score (nSPS) is 11.7. The molecule has 0 bridgehead atoms. The first kappa shape index (κ1) is 11.7. The summed E-state index contributed by atoms with van der Waals surface area (Å²) in [6, 6.07) is 3.72. The molecular weight excluding hydrogens is 216 g/mol. The zero-order valence-electron chi connectivity index (χ0n) is 10.1. The molecule has 2 aromatic rings. The summed E-state index contributed by atoms with van der Waals surface area (Å²) in [6.45, 7) is 4.02. The Balaban J connectivity index is 2.34. The highest BCUT2D eigenvalue weighted by molar-refractivity contribution is 5.52. The highest BCUT2D eigenvalue weighted by Gasteiger charge is 2.30. The standard InChI is InChI=1S/C12H16N4O/c1-3-12(13,4-2)11-15-10(16-17-11)9-6-5-7-14-8-9/h5-8H,3-4,13H2,1-2H3. The largest absolute Gasteiger partial charge is 0.337 e. The second-order valence-electron chi connectivity index (χ2n) is 4.03. The Morgan fingerprint density at radius 1 is 1.35 bits per heavy atom. The zero-order chi connectivity index (χ0) is 12.3. The summed E-state index contributed by atoms with van der Waals surface area (Å²) in [5.41, 5.74) is 6.49. The van der Waals surface area contributed by atoms with Gasteiger partial charge in [0.15, 0.2) is 0 Å². The minimum atomic E-state index is -0.534. The first-order chi connectivity index (χ1) is 8.19. The third kappa shape index (κ3) is 2.19. The summed E-state index contributed by atoms with van der Waals surface area (Å²) >= 11 is 0. The highest BCUT2D eigenvalue weighted by atomic mass is 16.5. The molecule has 0 aromatic carbocycles. The minimum absolute atomic E-state index is 0.487. The Kier molecular flexibility index (Phi) is 3.19. The Morgan fingerprint density at radius 2 is 2.12 bits per heavy atom. The van der Waals surface area contributed by atoms with E-state index in [1.165, 1.54) is 0 Å². The monoisotopic (exact) mass is 232 g/mol. The van der Waals surface area contributed by atoms with Crippen LogP contribution in [0.3, 0.4) is 0 Å². The van der Waals surface area contributed by atoms with Gasteiger partial charge in [-0.15, -0.1) is 0 Å². The topological polar surface area (TPSA) is 77.8 Å². The van der Waals surface area contributed by atoms with Gasteiger partial charge in [-0.25, -0.2) is 0 Å². The predicted molar refractivity (Wildman–Crippen MR) is 64.0 cm³/mol. The number of nitrogens with two attached hydrogens (primary N) is 1. The van der Waals surface area contributed by atoms with Crippen LogP contribution in [-0.2, 0) is 5.54 Å². The maximum Gasteiger partial charge on any atom is 0.247 e. The number of pyridine rings is 1. The highest BCUT2D eigenvalue weighted by Crippen LogP contribution is 2.25. The van der Waals surface area contributed by atoms with Crippen LogP contribution >= 0.6 is 0 Å². The Morgan fingerprint density at radius 3 is 2.71 bits per heavy atom. The minimum Gasteiger partial charge on any atom is -0.337 e. The predicted octanol–water partition coefficient (Wildman–Crippen LogP) is 2.11. The number of rotatable bonds is 4. The fourth-order valence-corrected chi connectivity index (χ4v) is 1.59. The van der Waals surface area contributed by atoms with E-state index in [2.05, 4.69) is 15.1 Å². The number of nitrogens with zero attached hydrogens (tertiary/aromatic N) is 3. The Hall–Kier alpha value is -1.75. The molecule has 2 N–H and O–H groups in total. The van der Waals surface area contributed by atoms with Gasteiger partial charge in [0.25, 0.3) is 0 Å². The summed E-state index contributed by atoms with van der Waals surface area (Å²) in [6.07, 6.45) is 4.93. The summed E-state index contributed by atoms with van der Waals surface area (Å²) in [5.74, 6) is 1.02. The fourth-order valence-electron chi connectivity index (χ4n) is 1.59. The van der Waals surface area contributed by atoms with Crippen LogP contribution in [0.5, 0.6) is 0 Å². The molecule has 2 aromatic heterocycles.